The Bertz CT molecular complexity index is 497. The number of benzene rings is 1. The summed E-state index contributed by atoms with van der Waals surface area (Å²) in [6.07, 6.45) is 0. The second kappa shape index (κ2) is 6.20. The van der Waals surface area contributed by atoms with E-state index < -0.39 is 9.84 Å². The van der Waals surface area contributed by atoms with Gasteiger partial charge in [-0.2, -0.15) is 0 Å². The van der Waals surface area contributed by atoms with Crippen LogP contribution in [-0.2, 0) is 15.6 Å². The van der Waals surface area contributed by atoms with E-state index in [4.69, 9.17) is 4.74 Å². The molecule has 0 bridgehead atoms. The largest absolute Gasteiger partial charge is 0.496 e. The van der Waals surface area contributed by atoms with Crippen LogP contribution >= 0.6 is 0 Å². The fourth-order valence-corrected chi connectivity index (χ4v) is 2.59. The summed E-state index contributed by atoms with van der Waals surface area (Å²) >= 11 is 0. The van der Waals surface area contributed by atoms with E-state index in [1.165, 1.54) is 0 Å². The number of hydrogen-bond acceptors (Lipinski definition) is 4. The van der Waals surface area contributed by atoms with Gasteiger partial charge in [-0.3, -0.25) is 0 Å². The van der Waals surface area contributed by atoms with E-state index in [-0.39, 0.29) is 17.5 Å². The molecule has 1 aromatic carbocycles. The van der Waals surface area contributed by atoms with Crippen LogP contribution < -0.4 is 10.1 Å². The Balaban J connectivity index is 3.14. The number of sulfone groups is 1. The highest BCUT2D eigenvalue weighted by Gasteiger charge is 2.15. The molecule has 0 aromatic heterocycles. The van der Waals surface area contributed by atoms with Crippen LogP contribution in [0.25, 0.3) is 0 Å². The van der Waals surface area contributed by atoms with Gasteiger partial charge in [-0.25, -0.2) is 8.42 Å². The Kier molecular flexibility index (Phi) is 5.16. The molecule has 0 saturated carbocycles. The summed E-state index contributed by atoms with van der Waals surface area (Å²) in [4.78, 5) is 0. The molecule has 0 saturated heterocycles. The minimum absolute atomic E-state index is 0.0247. The highest BCUT2D eigenvalue weighted by Crippen LogP contribution is 2.25. The predicted octanol–water partition coefficient (Wildman–Crippen LogP) is 1.91. The molecule has 0 amide bonds. The molecule has 102 valence electrons. The van der Waals surface area contributed by atoms with E-state index in [9.17, 15) is 8.42 Å². The molecular formula is C13H21NO3S. The zero-order valence-corrected chi connectivity index (χ0v) is 12.2. The van der Waals surface area contributed by atoms with Crippen molar-refractivity contribution in [1.29, 1.82) is 0 Å². The third-order valence-corrected chi connectivity index (χ3v) is 4.68. The van der Waals surface area contributed by atoms with Crippen molar-refractivity contribution in [2.45, 2.75) is 25.6 Å². The van der Waals surface area contributed by atoms with Crippen molar-refractivity contribution in [1.82, 2.24) is 5.32 Å². The molecule has 1 unspecified atom stereocenters. The molecule has 1 rings (SSSR count). The highest BCUT2D eigenvalue weighted by molar-refractivity contribution is 7.90. The van der Waals surface area contributed by atoms with Gasteiger partial charge in [0.1, 0.15) is 5.75 Å². The summed E-state index contributed by atoms with van der Waals surface area (Å²) in [5.41, 5.74) is 1.78. The molecule has 4 nitrogen and oxygen atoms in total. The summed E-state index contributed by atoms with van der Waals surface area (Å²) in [5.74, 6) is 0.790. The SMILES string of the molecule is CCS(=O)(=O)Cc1cc(C(C)NC)ccc1OC. The lowest BCUT2D eigenvalue weighted by atomic mass is 10.1. The number of methoxy groups -OCH3 is 1. The van der Waals surface area contributed by atoms with Crippen molar-refractivity contribution in [3.8, 4) is 5.75 Å². The molecule has 0 heterocycles. The molecule has 1 atom stereocenters. The first-order chi connectivity index (χ1) is 8.43. The third-order valence-electron chi connectivity index (χ3n) is 3.05. The van der Waals surface area contributed by atoms with Crippen molar-refractivity contribution < 1.29 is 13.2 Å². The van der Waals surface area contributed by atoms with Crippen LogP contribution in [0, 0.1) is 0 Å². The van der Waals surface area contributed by atoms with Crippen LogP contribution in [-0.4, -0.2) is 28.3 Å². The van der Waals surface area contributed by atoms with Gasteiger partial charge in [0.05, 0.1) is 12.9 Å². The Morgan fingerprint density at radius 2 is 2.06 bits per heavy atom. The molecule has 5 heteroatoms. The molecule has 0 aliphatic heterocycles. The maximum Gasteiger partial charge on any atom is 0.154 e. The Hall–Kier alpha value is -1.07. The Morgan fingerprint density at radius 3 is 2.56 bits per heavy atom. The van der Waals surface area contributed by atoms with Crippen molar-refractivity contribution >= 4 is 9.84 Å². The summed E-state index contributed by atoms with van der Waals surface area (Å²) in [5, 5.41) is 3.13. The van der Waals surface area contributed by atoms with Crippen LogP contribution in [0.1, 0.15) is 31.0 Å². The van der Waals surface area contributed by atoms with Crippen LogP contribution in [0.2, 0.25) is 0 Å². The molecule has 18 heavy (non-hydrogen) atoms. The molecular weight excluding hydrogens is 250 g/mol. The number of nitrogens with one attached hydrogen (secondary N) is 1. The fourth-order valence-electron chi connectivity index (χ4n) is 1.69. The van der Waals surface area contributed by atoms with Gasteiger partial charge < -0.3 is 10.1 Å². The molecule has 0 spiro atoms. The van der Waals surface area contributed by atoms with Crippen molar-refractivity contribution in [2.24, 2.45) is 0 Å². The predicted molar refractivity (Wildman–Crippen MR) is 73.6 cm³/mol. The standard InChI is InChI=1S/C13H21NO3S/c1-5-18(15,16)9-12-8-11(10(2)14-3)6-7-13(12)17-4/h6-8,10,14H,5,9H2,1-4H3. The van der Waals surface area contributed by atoms with E-state index in [1.807, 2.05) is 32.2 Å². The first kappa shape index (κ1) is 15.0. The Morgan fingerprint density at radius 1 is 1.39 bits per heavy atom. The van der Waals surface area contributed by atoms with Gasteiger partial charge in [0.25, 0.3) is 0 Å². The van der Waals surface area contributed by atoms with E-state index in [2.05, 4.69) is 5.32 Å². The van der Waals surface area contributed by atoms with Gasteiger partial charge in [0.15, 0.2) is 9.84 Å². The highest BCUT2D eigenvalue weighted by atomic mass is 32.2. The van der Waals surface area contributed by atoms with Crippen LogP contribution in [0.4, 0.5) is 0 Å². The number of hydrogen-bond donors (Lipinski definition) is 1. The zero-order chi connectivity index (χ0) is 13.8. The summed E-state index contributed by atoms with van der Waals surface area (Å²) < 4.78 is 28.7. The van der Waals surface area contributed by atoms with Crippen LogP contribution in [0.5, 0.6) is 5.75 Å². The summed E-state index contributed by atoms with van der Waals surface area (Å²) in [6.45, 7) is 3.68. The molecule has 0 aliphatic carbocycles. The van der Waals surface area contributed by atoms with Crippen LogP contribution in [0.3, 0.4) is 0 Å². The Labute approximate surface area is 109 Å². The molecule has 0 fully saturated rings. The van der Waals surface area contributed by atoms with Crippen molar-refractivity contribution in [2.75, 3.05) is 19.9 Å². The smallest absolute Gasteiger partial charge is 0.154 e. The number of rotatable bonds is 6. The van der Waals surface area contributed by atoms with E-state index in [0.717, 1.165) is 11.1 Å². The van der Waals surface area contributed by atoms with Gasteiger partial charge in [-0.05, 0) is 31.7 Å². The third kappa shape index (κ3) is 3.71. The monoisotopic (exact) mass is 271 g/mol. The zero-order valence-electron chi connectivity index (χ0n) is 11.4. The average molecular weight is 271 g/mol. The summed E-state index contributed by atoms with van der Waals surface area (Å²) in [7, 11) is 0.372. The lowest BCUT2D eigenvalue weighted by Crippen LogP contribution is -2.13. The lowest BCUT2D eigenvalue weighted by molar-refractivity contribution is 0.410. The average Bonchev–Trinajstić information content (AvgIpc) is 2.37. The second-order valence-electron chi connectivity index (χ2n) is 4.26. The van der Waals surface area contributed by atoms with Gasteiger partial charge in [-0.1, -0.05) is 13.0 Å². The van der Waals surface area contributed by atoms with E-state index in [0.29, 0.717) is 5.75 Å². The molecule has 1 aromatic rings. The first-order valence-electron chi connectivity index (χ1n) is 5.98. The lowest BCUT2D eigenvalue weighted by Gasteiger charge is -2.15. The topological polar surface area (TPSA) is 55.4 Å². The number of ether oxygens (including phenoxy) is 1. The van der Waals surface area contributed by atoms with Gasteiger partial charge in [-0.15, -0.1) is 0 Å². The molecule has 0 aliphatic rings. The molecule has 0 radical (unpaired) electrons. The normalized spacial score (nSPS) is 13.3. The van der Waals surface area contributed by atoms with Gasteiger partial charge >= 0.3 is 0 Å². The fraction of sp³-hybridized carbons (Fsp3) is 0.538. The minimum atomic E-state index is -3.05. The van der Waals surface area contributed by atoms with E-state index >= 15 is 0 Å². The van der Waals surface area contributed by atoms with E-state index in [1.54, 1.807) is 14.0 Å². The summed E-state index contributed by atoms with van der Waals surface area (Å²) in [6, 6.07) is 5.85. The van der Waals surface area contributed by atoms with Crippen molar-refractivity contribution in [3.05, 3.63) is 29.3 Å². The maximum atomic E-state index is 11.7. The van der Waals surface area contributed by atoms with Gasteiger partial charge in [0.2, 0.25) is 0 Å². The van der Waals surface area contributed by atoms with Crippen LogP contribution in [0.15, 0.2) is 18.2 Å². The minimum Gasteiger partial charge on any atom is -0.496 e. The second-order valence-corrected chi connectivity index (χ2v) is 6.61. The maximum absolute atomic E-state index is 11.7. The molecule has 1 N–H and O–H groups in total. The van der Waals surface area contributed by atoms with Gasteiger partial charge in [0, 0.05) is 17.4 Å². The van der Waals surface area contributed by atoms with Crippen molar-refractivity contribution in [3.63, 3.8) is 0 Å². The quantitative estimate of drug-likeness (QED) is 0.858. The first-order valence-corrected chi connectivity index (χ1v) is 7.80.